The summed E-state index contributed by atoms with van der Waals surface area (Å²) >= 11 is 0. The molecule has 0 aromatic heterocycles. The molecule has 0 aromatic rings. The third kappa shape index (κ3) is 7.30. The van der Waals surface area contributed by atoms with Gasteiger partial charge in [-0.25, -0.2) is 4.79 Å². The lowest BCUT2D eigenvalue weighted by Crippen LogP contribution is -2.54. The highest BCUT2D eigenvalue weighted by atomic mass is 16.6. The van der Waals surface area contributed by atoms with Crippen molar-refractivity contribution in [2.75, 3.05) is 52.4 Å². The lowest BCUT2D eigenvalue weighted by Gasteiger charge is -2.39. The molecule has 0 aliphatic carbocycles. The van der Waals surface area contributed by atoms with E-state index >= 15 is 0 Å². The van der Waals surface area contributed by atoms with Gasteiger partial charge in [-0.1, -0.05) is 13.8 Å². The summed E-state index contributed by atoms with van der Waals surface area (Å²) in [5, 5.41) is 3.38. The fraction of sp³-hybridized carbons (Fsp3) is 0.900. The molecular formula is C20H38N4O3. The van der Waals surface area contributed by atoms with Crippen molar-refractivity contribution in [3.8, 4) is 0 Å². The SMILES string of the molecule is CC(C)CN(C(=O)CN1CCN(C(=O)OC(C)(C)C)CC1)C1CCNCC1. The monoisotopic (exact) mass is 382 g/mol. The number of hydrogen-bond donors (Lipinski definition) is 1. The molecule has 7 nitrogen and oxygen atoms in total. The van der Waals surface area contributed by atoms with E-state index in [9.17, 15) is 9.59 Å². The van der Waals surface area contributed by atoms with E-state index in [2.05, 4.69) is 29.0 Å². The summed E-state index contributed by atoms with van der Waals surface area (Å²) in [6.07, 6.45) is 1.81. The van der Waals surface area contributed by atoms with Crippen LogP contribution in [-0.2, 0) is 9.53 Å². The van der Waals surface area contributed by atoms with E-state index in [4.69, 9.17) is 4.74 Å². The van der Waals surface area contributed by atoms with Gasteiger partial charge in [0.1, 0.15) is 5.60 Å². The molecule has 0 saturated carbocycles. The van der Waals surface area contributed by atoms with Crippen LogP contribution in [0.3, 0.4) is 0 Å². The first kappa shape index (κ1) is 22.0. The summed E-state index contributed by atoms with van der Waals surface area (Å²) in [6, 6.07) is 0.351. The lowest BCUT2D eigenvalue weighted by molar-refractivity contribution is -0.136. The van der Waals surface area contributed by atoms with Crippen LogP contribution >= 0.6 is 0 Å². The summed E-state index contributed by atoms with van der Waals surface area (Å²) in [5.41, 5.74) is -0.476. The maximum absolute atomic E-state index is 13.0. The first-order valence-corrected chi connectivity index (χ1v) is 10.4. The van der Waals surface area contributed by atoms with Gasteiger partial charge in [-0.15, -0.1) is 0 Å². The molecule has 7 heteroatoms. The zero-order valence-corrected chi connectivity index (χ0v) is 17.8. The molecule has 0 aromatic carbocycles. The van der Waals surface area contributed by atoms with Gasteiger partial charge in [-0.3, -0.25) is 9.69 Å². The molecule has 156 valence electrons. The highest BCUT2D eigenvalue weighted by Crippen LogP contribution is 2.16. The normalized spacial score (nSPS) is 20.0. The van der Waals surface area contributed by atoms with E-state index in [1.54, 1.807) is 4.90 Å². The molecule has 2 amide bonds. The number of piperazine rings is 1. The van der Waals surface area contributed by atoms with Crippen molar-refractivity contribution in [3.05, 3.63) is 0 Å². The number of hydrogen-bond acceptors (Lipinski definition) is 5. The van der Waals surface area contributed by atoms with Gasteiger partial charge in [0, 0.05) is 38.8 Å². The molecule has 2 fully saturated rings. The maximum Gasteiger partial charge on any atom is 0.410 e. The van der Waals surface area contributed by atoms with E-state index in [-0.39, 0.29) is 12.0 Å². The first-order valence-electron chi connectivity index (χ1n) is 10.4. The van der Waals surface area contributed by atoms with Crippen molar-refractivity contribution in [2.24, 2.45) is 5.92 Å². The Hall–Kier alpha value is -1.34. The van der Waals surface area contributed by atoms with Crippen molar-refractivity contribution in [2.45, 2.75) is 59.1 Å². The van der Waals surface area contributed by atoms with E-state index in [0.29, 0.717) is 44.7 Å². The highest BCUT2D eigenvalue weighted by Gasteiger charge is 2.30. The predicted molar refractivity (Wildman–Crippen MR) is 107 cm³/mol. The van der Waals surface area contributed by atoms with Crippen molar-refractivity contribution < 1.29 is 14.3 Å². The summed E-state index contributed by atoms with van der Waals surface area (Å²) in [6.45, 7) is 15.9. The van der Waals surface area contributed by atoms with Crippen LogP contribution in [-0.4, -0.2) is 90.7 Å². The van der Waals surface area contributed by atoms with Gasteiger partial charge in [-0.2, -0.15) is 0 Å². The first-order chi connectivity index (χ1) is 12.7. The lowest BCUT2D eigenvalue weighted by atomic mass is 10.0. The maximum atomic E-state index is 13.0. The Morgan fingerprint density at radius 3 is 2.22 bits per heavy atom. The molecule has 2 rings (SSSR count). The minimum atomic E-state index is -0.476. The summed E-state index contributed by atoms with van der Waals surface area (Å²) in [5.74, 6) is 0.689. The Labute approximate surface area is 164 Å². The minimum Gasteiger partial charge on any atom is -0.444 e. The standard InChI is InChI=1S/C20H38N4O3/c1-16(2)14-24(17-6-8-21-9-7-17)18(25)15-22-10-12-23(13-11-22)19(26)27-20(3,4)5/h16-17,21H,6-15H2,1-5H3. The second-order valence-electron chi connectivity index (χ2n) is 9.16. The Morgan fingerprint density at radius 2 is 1.70 bits per heavy atom. The van der Waals surface area contributed by atoms with Crippen LogP contribution in [0.2, 0.25) is 0 Å². The number of carbonyl (C=O) groups is 2. The molecule has 0 spiro atoms. The van der Waals surface area contributed by atoms with Crippen LogP contribution < -0.4 is 5.32 Å². The van der Waals surface area contributed by atoms with Crippen LogP contribution in [0.4, 0.5) is 4.79 Å². The van der Waals surface area contributed by atoms with Gasteiger partial charge >= 0.3 is 6.09 Å². The number of nitrogens with one attached hydrogen (secondary N) is 1. The zero-order chi connectivity index (χ0) is 20.0. The van der Waals surface area contributed by atoms with Crippen LogP contribution in [0.1, 0.15) is 47.5 Å². The summed E-state index contributed by atoms with van der Waals surface area (Å²) < 4.78 is 5.44. The summed E-state index contributed by atoms with van der Waals surface area (Å²) in [7, 11) is 0. The van der Waals surface area contributed by atoms with Gasteiger partial charge in [-0.05, 0) is 52.6 Å². The molecule has 0 radical (unpaired) electrons. The predicted octanol–water partition coefficient (Wildman–Crippen LogP) is 1.78. The van der Waals surface area contributed by atoms with E-state index in [1.807, 2.05) is 20.8 Å². The molecule has 27 heavy (non-hydrogen) atoms. The van der Waals surface area contributed by atoms with Crippen molar-refractivity contribution in [3.63, 3.8) is 0 Å². The molecule has 2 aliphatic heterocycles. The molecule has 2 saturated heterocycles. The fourth-order valence-corrected chi connectivity index (χ4v) is 3.66. The Kier molecular flexibility index (Phi) is 7.91. The Balaban J connectivity index is 1.84. The quantitative estimate of drug-likeness (QED) is 0.785. The second kappa shape index (κ2) is 9.73. The molecule has 0 bridgehead atoms. The van der Waals surface area contributed by atoms with Crippen LogP contribution in [0.15, 0.2) is 0 Å². The van der Waals surface area contributed by atoms with Gasteiger partial charge < -0.3 is 19.9 Å². The number of ether oxygens (including phenoxy) is 1. The van der Waals surface area contributed by atoms with Crippen LogP contribution in [0, 0.1) is 5.92 Å². The fourth-order valence-electron chi connectivity index (χ4n) is 3.66. The summed E-state index contributed by atoms with van der Waals surface area (Å²) in [4.78, 5) is 31.2. The van der Waals surface area contributed by atoms with Crippen molar-refractivity contribution in [1.82, 2.24) is 20.0 Å². The largest absolute Gasteiger partial charge is 0.444 e. The minimum absolute atomic E-state index is 0.223. The number of amides is 2. The third-order valence-corrected chi connectivity index (χ3v) is 5.01. The number of rotatable bonds is 5. The smallest absolute Gasteiger partial charge is 0.410 e. The van der Waals surface area contributed by atoms with Gasteiger partial charge in [0.2, 0.25) is 5.91 Å². The molecular weight excluding hydrogens is 344 g/mol. The molecule has 0 unspecified atom stereocenters. The van der Waals surface area contributed by atoms with E-state index in [1.165, 1.54) is 0 Å². The number of nitrogens with zero attached hydrogens (tertiary/aromatic N) is 3. The molecule has 2 aliphatic rings. The van der Waals surface area contributed by atoms with Crippen molar-refractivity contribution >= 4 is 12.0 Å². The molecule has 0 atom stereocenters. The average Bonchev–Trinajstić information content (AvgIpc) is 2.59. The van der Waals surface area contributed by atoms with Crippen molar-refractivity contribution in [1.29, 1.82) is 0 Å². The number of carbonyl (C=O) groups excluding carboxylic acids is 2. The van der Waals surface area contributed by atoms with Gasteiger partial charge in [0.05, 0.1) is 6.54 Å². The van der Waals surface area contributed by atoms with E-state index in [0.717, 1.165) is 32.5 Å². The van der Waals surface area contributed by atoms with Crippen LogP contribution in [0.25, 0.3) is 0 Å². The number of piperidine rings is 1. The Bertz CT molecular complexity index is 490. The van der Waals surface area contributed by atoms with Gasteiger partial charge in [0.15, 0.2) is 0 Å². The molecule has 1 N–H and O–H groups in total. The van der Waals surface area contributed by atoms with E-state index < -0.39 is 5.60 Å². The third-order valence-electron chi connectivity index (χ3n) is 5.01. The molecule has 2 heterocycles. The topological polar surface area (TPSA) is 65.1 Å². The average molecular weight is 383 g/mol. The zero-order valence-electron chi connectivity index (χ0n) is 17.8. The van der Waals surface area contributed by atoms with Gasteiger partial charge in [0.25, 0.3) is 0 Å². The second-order valence-corrected chi connectivity index (χ2v) is 9.16. The Morgan fingerprint density at radius 1 is 1.11 bits per heavy atom. The highest BCUT2D eigenvalue weighted by molar-refractivity contribution is 5.78. The van der Waals surface area contributed by atoms with Crippen LogP contribution in [0.5, 0.6) is 0 Å².